The molecule has 1 N–H and O–H groups in total. The third-order valence-corrected chi connectivity index (χ3v) is 5.46. The van der Waals surface area contributed by atoms with Crippen molar-refractivity contribution < 1.29 is 14.6 Å². The van der Waals surface area contributed by atoms with Crippen LogP contribution in [0.15, 0.2) is 42.5 Å². The van der Waals surface area contributed by atoms with Crippen molar-refractivity contribution in [1.29, 1.82) is 0 Å². The maximum Gasteiger partial charge on any atom is 0.161 e. The van der Waals surface area contributed by atoms with Gasteiger partial charge < -0.3 is 14.6 Å². The third-order valence-electron chi connectivity index (χ3n) is 5.46. The summed E-state index contributed by atoms with van der Waals surface area (Å²) in [6.07, 6.45) is 2.70. The van der Waals surface area contributed by atoms with E-state index in [1.807, 2.05) is 0 Å². The van der Waals surface area contributed by atoms with Gasteiger partial charge in [0.25, 0.3) is 0 Å². The Labute approximate surface area is 156 Å². The van der Waals surface area contributed by atoms with Crippen LogP contribution in [-0.4, -0.2) is 37.4 Å². The van der Waals surface area contributed by atoms with E-state index in [4.69, 9.17) is 9.47 Å². The molecule has 140 valence electrons. The van der Waals surface area contributed by atoms with E-state index in [0.29, 0.717) is 6.04 Å². The Hall–Kier alpha value is -2.04. The SMILES string of the molecule is COc1cc2c(cc1OC)[C@H](CCCO)N([C@@H](C)c1ccccc1)CC2. The highest BCUT2D eigenvalue weighted by molar-refractivity contribution is 5.49. The second-order valence-corrected chi connectivity index (χ2v) is 6.86. The molecule has 2 aromatic rings. The normalized spacial score (nSPS) is 18.2. The molecule has 0 unspecified atom stereocenters. The molecule has 2 atom stereocenters. The molecular weight excluding hydrogens is 326 g/mol. The molecule has 2 aromatic carbocycles. The van der Waals surface area contributed by atoms with Crippen molar-refractivity contribution in [3.8, 4) is 11.5 Å². The highest BCUT2D eigenvalue weighted by Crippen LogP contribution is 2.42. The van der Waals surface area contributed by atoms with E-state index in [0.717, 1.165) is 37.3 Å². The molecule has 0 saturated carbocycles. The third kappa shape index (κ3) is 3.71. The van der Waals surface area contributed by atoms with Gasteiger partial charge in [-0.1, -0.05) is 30.3 Å². The van der Waals surface area contributed by atoms with E-state index >= 15 is 0 Å². The van der Waals surface area contributed by atoms with Crippen molar-refractivity contribution >= 4 is 0 Å². The Morgan fingerprint density at radius 2 is 1.81 bits per heavy atom. The Morgan fingerprint density at radius 1 is 1.12 bits per heavy atom. The van der Waals surface area contributed by atoms with Crippen molar-refractivity contribution in [3.05, 3.63) is 59.2 Å². The first kappa shape index (κ1) is 18.7. The van der Waals surface area contributed by atoms with Gasteiger partial charge in [0.15, 0.2) is 11.5 Å². The van der Waals surface area contributed by atoms with E-state index in [-0.39, 0.29) is 12.6 Å². The summed E-state index contributed by atoms with van der Waals surface area (Å²) in [5.41, 5.74) is 3.94. The summed E-state index contributed by atoms with van der Waals surface area (Å²) in [6.45, 7) is 3.48. The first-order chi connectivity index (χ1) is 12.7. The van der Waals surface area contributed by atoms with Gasteiger partial charge >= 0.3 is 0 Å². The van der Waals surface area contributed by atoms with Crippen molar-refractivity contribution in [1.82, 2.24) is 4.90 Å². The Bertz CT molecular complexity index is 717. The predicted molar refractivity (Wildman–Crippen MR) is 104 cm³/mol. The largest absolute Gasteiger partial charge is 0.493 e. The van der Waals surface area contributed by atoms with Gasteiger partial charge in [-0.2, -0.15) is 0 Å². The van der Waals surface area contributed by atoms with Crippen LogP contribution in [0, 0.1) is 0 Å². The molecule has 0 amide bonds. The maximum absolute atomic E-state index is 9.41. The molecule has 0 radical (unpaired) electrons. The van der Waals surface area contributed by atoms with E-state index in [1.165, 1.54) is 16.7 Å². The number of nitrogens with zero attached hydrogens (tertiary/aromatic N) is 1. The summed E-state index contributed by atoms with van der Waals surface area (Å²) in [5.74, 6) is 1.56. The Morgan fingerprint density at radius 3 is 2.46 bits per heavy atom. The fraction of sp³-hybridized carbons (Fsp3) is 0.455. The lowest BCUT2D eigenvalue weighted by molar-refractivity contribution is 0.117. The maximum atomic E-state index is 9.41. The van der Waals surface area contributed by atoms with Crippen LogP contribution >= 0.6 is 0 Å². The van der Waals surface area contributed by atoms with Crippen molar-refractivity contribution in [2.24, 2.45) is 0 Å². The molecule has 0 saturated heterocycles. The summed E-state index contributed by atoms with van der Waals surface area (Å²) in [4.78, 5) is 2.55. The predicted octanol–water partition coefficient (Wildman–Crippen LogP) is 4.14. The number of ether oxygens (including phenoxy) is 2. The van der Waals surface area contributed by atoms with Crippen molar-refractivity contribution in [3.63, 3.8) is 0 Å². The average Bonchev–Trinajstić information content (AvgIpc) is 2.70. The smallest absolute Gasteiger partial charge is 0.161 e. The number of aliphatic hydroxyl groups excluding tert-OH is 1. The quantitative estimate of drug-likeness (QED) is 0.811. The fourth-order valence-electron chi connectivity index (χ4n) is 4.04. The number of hydrogen-bond acceptors (Lipinski definition) is 4. The van der Waals surface area contributed by atoms with Gasteiger partial charge in [0.05, 0.1) is 14.2 Å². The van der Waals surface area contributed by atoms with E-state index in [1.54, 1.807) is 14.2 Å². The van der Waals surface area contributed by atoms with Crippen LogP contribution in [0.3, 0.4) is 0 Å². The zero-order chi connectivity index (χ0) is 18.5. The number of aliphatic hydroxyl groups is 1. The molecule has 0 bridgehead atoms. The Balaban J connectivity index is 1.98. The van der Waals surface area contributed by atoms with Crippen LogP contribution in [-0.2, 0) is 6.42 Å². The highest BCUT2D eigenvalue weighted by Gasteiger charge is 2.32. The molecule has 0 aliphatic carbocycles. The van der Waals surface area contributed by atoms with Gasteiger partial charge in [-0.3, -0.25) is 4.90 Å². The molecule has 0 fully saturated rings. The van der Waals surface area contributed by atoms with Gasteiger partial charge in [0.2, 0.25) is 0 Å². The minimum atomic E-state index is 0.215. The van der Waals surface area contributed by atoms with E-state index in [2.05, 4.69) is 54.3 Å². The molecule has 3 rings (SSSR count). The second kappa shape index (κ2) is 8.56. The van der Waals surface area contributed by atoms with Gasteiger partial charge in [-0.05, 0) is 55.0 Å². The monoisotopic (exact) mass is 355 g/mol. The average molecular weight is 355 g/mol. The van der Waals surface area contributed by atoms with Gasteiger partial charge in [0.1, 0.15) is 0 Å². The molecular formula is C22H29NO3. The van der Waals surface area contributed by atoms with E-state index in [9.17, 15) is 5.11 Å². The number of methoxy groups -OCH3 is 2. The fourth-order valence-corrected chi connectivity index (χ4v) is 4.04. The minimum Gasteiger partial charge on any atom is -0.493 e. The topological polar surface area (TPSA) is 41.9 Å². The molecule has 4 nitrogen and oxygen atoms in total. The number of rotatable bonds is 7. The summed E-state index contributed by atoms with van der Waals surface area (Å²) in [5, 5.41) is 9.41. The molecule has 1 heterocycles. The van der Waals surface area contributed by atoms with Crippen molar-refractivity contribution in [2.45, 2.75) is 38.3 Å². The van der Waals surface area contributed by atoms with Crippen LogP contribution in [0.25, 0.3) is 0 Å². The standard InChI is InChI=1S/C22H29NO3/c1-16(17-8-5-4-6-9-17)23-12-11-18-14-21(25-2)22(26-3)15-19(18)20(23)10-7-13-24/h4-6,8-9,14-16,20,24H,7,10-13H2,1-3H3/t16-,20-/m0/s1. The molecule has 0 aromatic heterocycles. The summed E-state index contributed by atoms with van der Waals surface area (Å²) in [7, 11) is 3.36. The lowest BCUT2D eigenvalue weighted by Crippen LogP contribution is -2.37. The molecule has 1 aliphatic heterocycles. The molecule has 26 heavy (non-hydrogen) atoms. The first-order valence-electron chi connectivity index (χ1n) is 9.36. The lowest BCUT2D eigenvalue weighted by Gasteiger charge is -2.41. The Kier molecular flexibility index (Phi) is 6.17. The van der Waals surface area contributed by atoms with Crippen LogP contribution in [0.1, 0.15) is 48.5 Å². The van der Waals surface area contributed by atoms with Crippen LogP contribution in [0.2, 0.25) is 0 Å². The van der Waals surface area contributed by atoms with E-state index < -0.39 is 0 Å². The highest BCUT2D eigenvalue weighted by atomic mass is 16.5. The van der Waals surface area contributed by atoms with Crippen LogP contribution < -0.4 is 9.47 Å². The van der Waals surface area contributed by atoms with Crippen LogP contribution in [0.4, 0.5) is 0 Å². The number of benzene rings is 2. The molecule has 1 aliphatic rings. The summed E-state index contributed by atoms with van der Waals surface area (Å²) in [6, 6.07) is 15.5. The number of hydrogen-bond donors (Lipinski definition) is 1. The molecule has 0 spiro atoms. The summed E-state index contributed by atoms with van der Waals surface area (Å²) >= 11 is 0. The van der Waals surface area contributed by atoms with Gasteiger partial charge in [0, 0.05) is 25.2 Å². The van der Waals surface area contributed by atoms with Gasteiger partial charge in [-0.15, -0.1) is 0 Å². The number of fused-ring (bicyclic) bond motifs is 1. The lowest BCUT2D eigenvalue weighted by atomic mass is 9.87. The molecule has 4 heteroatoms. The summed E-state index contributed by atoms with van der Waals surface area (Å²) < 4.78 is 11.0. The van der Waals surface area contributed by atoms with Crippen LogP contribution in [0.5, 0.6) is 11.5 Å². The minimum absolute atomic E-state index is 0.215. The zero-order valence-electron chi connectivity index (χ0n) is 15.9. The first-order valence-corrected chi connectivity index (χ1v) is 9.36. The van der Waals surface area contributed by atoms with Gasteiger partial charge in [-0.25, -0.2) is 0 Å². The van der Waals surface area contributed by atoms with Crippen molar-refractivity contribution in [2.75, 3.05) is 27.4 Å². The zero-order valence-corrected chi connectivity index (χ0v) is 15.9. The second-order valence-electron chi connectivity index (χ2n) is 6.86.